The smallest absolute Gasteiger partial charge is 0.213 e. The Morgan fingerprint density at radius 1 is 1.21 bits per heavy atom. The third-order valence-electron chi connectivity index (χ3n) is 4.57. The predicted octanol–water partition coefficient (Wildman–Crippen LogP) is 2.82. The van der Waals surface area contributed by atoms with Gasteiger partial charge in [-0.3, -0.25) is 9.88 Å². The number of likely N-dealkylation sites (tertiary alicyclic amines) is 1. The SMILES string of the molecule is CCOc1ccc(CN2CCC([C@@H](O)c3ccccn3)CC2)cn1. The first-order valence-corrected chi connectivity index (χ1v) is 8.65. The zero-order chi connectivity index (χ0) is 16.8. The normalized spacial score (nSPS) is 17.6. The van der Waals surface area contributed by atoms with E-state index in [2.05, 4.69) is 20.9 Å². The predicted molar refractivity (Wildman–Crippen MR) is 92.6 cm³/mol. The Bertz CT molecular complexity index is 610. The average molecular weight is 327 g/mol. The third kappa shape index (κ3) is 4.30. The molecular formula is C19H25N3O2. The van der Waals surface area contributed by atoms with Gasteiger partial charge in [-0.2, -0.15) is 0 Å². The van der Waals surface area contributed by atoms with E-state index < -0.39 is 6.10 Å². The fourth-order valence-corrected chi connectivity index (χ4v) is 3.22. The number of piperidine rings is 1. The number of hydrogen-bond acceptors (Lipinski definition) is 5. The Morgan fingerprint density at radius 3 is 2.67 bits per heavy atom. The number of hydrogen-bond donors (Lipinski definition) is 1. The van der Waals surface area contributed by atoms with Crippen molar-refractivity contribution in [1.82, 2.24) is 14.9 Å². The van der Waals surface area contributed by atoms with Crippen molar-refractivity contribution >= 4 is 0 Å². The summed E-state index contributed by atoms with van der Waals surface area (Å²) in [7, 11) is 0. The second kappa shape index (κ2) is 8.22. The standard InChI is InChI=1S/C19H25N3O2/c1-2-24-18-7-6-15(13-21-18)14-22-11-8-16(9-12-22)19(23)17-5-3-4-10-20-17/h3-7,10,13,16,19,23H,2,8-9,11-12,14H2,1H3/t19-/m1/s1. The first-order valence-electron chi connectivity index (χ1n) is 8.65. The van der Waals surface area contributed by atoms with E-state index in [1.54, 1.807) is 6.20 Å². The lowest BCUT2D eigenvalue weighted by Crippen LogP contribution is -2.35. The van der Waals surface area contributed by atoms with Crippen LogP contribution in [0.3, 0.4) is 0 Å². The van der Waals surface area contributed by atoms with Crippen LogP contribution < -0.4 is 4.74 Å². The number of rotatable bonds is 6. The summed E-state index contributed by atoms with van der Waals surface area (Å²) in [5.74, 6) is 0.966. The van der Waals surface area contributed by atoms with Crippen molar-refractivity contribution in [2.24, 2.45) is 5.92 Å². The Hall–Kier alpha value is -1.98. The first-order chi connectivity index (χ1) is 11.8. The summed E-state index contributed by atoms with van der Waals surface area (Å²) < 4.78 is 5.37. The number of aliphatic hydroxyl groups excluding tert-OH is 1. The van der Waals surface area contributed by atoms with Crippen LogP contribution in [-0.2, 0) is 6.54 Å². The van der Waals surface area contributed by atoms with Gasteiger partial charge in [0.2, 0.25) is 5.88 Å². The summed E-state index contributed by atoms with van der Waals surface area (Å²) in [6.45, 7) is 5.47. The molecule has 0 saturated carbocycles. The Morgan fingerprint density at radius 2 is 2.04 bits per heavy atom. The number of aliphatic hydroxyl groups is 1. The van der Waals surface area contributed by atoms with Gasteiger partial charge in [-0.05, 0) is 56.5 Å². The van der Waals surface area contributed by atoms with Gasteiger partial charge in [-0.15, -0.1) is 0 Å². The quantitative estimate of drug-likeness (QED) is 0.884. The highest BCUT2D eigenvalue weighted by atomic mass is 16.5. The highest BCUT2D eigenvalue weighted by Gasteiger charge is 2.26. The summed E-state index contributed by atoms with van der Waals surface area (Å²) in [5.41, 5.74) is 1.98. The van der Waals surface area contributed by atoms with Gasteiger partial charge >= 0.3 is 0 Å². The molecule has 1 saturated heterocycles. The van der Waals surface area contributed by atoms with E-state index in [1.165, 1.54) is 5.56 Å². The van der Waals surface area contributed by atoms with Gasteiger partial charge in [-0.25, -0.2) is 4.98 Å². The lowest BCUT2D eigenvalue weighted by molar-refractivity contribution is 0.0539. The summed E-state index contributed by atoms with van der Waals surface area (Å²) in [6.07, 6.45) is 5.15. The molecule has 0 bridgehead atoms. The second-order valence-electron chi connectivity index (χ2n) is 6.25. The Kier molecular flexibility index (Phi) is 5.77. The molecule has 5 heteroatoms. The van der Waals surface area contributed by atoms with Gasteiger partial charge in [0, 0.05) is 25.0 Å². The average Bonchev–Trinajstić information content (AvgIpc) is 2.64. The van der Waals surface area contributed by atoms with Gasteiger partial charge in [0.05, 0.1) is 18.4 Å². The summed E-state index contributed by atoms with van der Waals surface area (Å²) in [5, 5.41) is 10.5. The fraction of sp³-hybridized carbons (Fsp3) is 0.474. The van der Waals surface area contributed by atoms with E-state index in [9.17, 15) is 5.11 Å². The van der Waals surface area contributed by atoms with E-state index in [0.29, 0.717) is 12.5 Å². The van der Waals surface area contributed by atoms with Gasteiger partial charge in [-0.1, -0.05) is 12.1 Å². The minimum absolute atomic E-state index is 0.287. The van der Waals surface area contributed by atoms with Gasteiger partial charge < -0.3 is 9.84 Å². The minimum Gasteiger partial charge on any atom is -0.478 e. The van der Waals surface area contributed by atoms with Crippen molar-refractivity contribution in [2.45, 2.75) is 32.4 Å². The topological polar surface area (TPSA) is 58.5 Å². The fourth-order valence-electron chi connectivity index (χ4n) is 3.22. The molecule has 1 fully saturated rings. The van der Waals surface area contributed by atoms with Gasteiger partial charge in [0.15, 0.2) is 0 Å². The molecule has 2 aromatic rings. The molecule has 0 aromatic carbocycles. The zero-order valence-corrected chi connectivity index (χ0v) is 14.1. The molecule has 24 heavy (non-hydrogen) atoms. The van der Waals surface area contributed by atoms with Crippen molar-refractivity contribution in [3.05, 3.63) is 54.0 Å². The molecule has 128 valence electrons. The summed E-state index contributed by atoms with van der Waals surface area (Å²) in [6, 6.07) is 9.72. The molecule has 3 heterocycles. The van der Waals surface area contributed by atoms with Crippen LogP contribution in [0.5, 0.6) is 5.88 Å². The minimum atomic E-state index is -0.458. The van der Waals surface area contributed by atoms with Crippen LogP contribution in [0.15, 0.2) is 42.7 Å². The maximum Gasteiger partial charge on any atom is 0.213 e. The highest BCUT2D eigenvalue weighted by molar-refractivity contribution is 5.18. The number of aromatic nitrogens is 2. The highest BCUT2D eigenvalue weighted by Crippen LogP contribution is 2.30. The van der Waals surface area contributed by atoms with Gasteiger partial charge in [0.25, 0.3) is 0 Å². The van der Waals surface area contributed by atoms with Crippen LogP contribution in [0, 0.1) is 5.92 Å². The Labute approximate surface area is 143 Å². The van der Waals surface area contributed by atoms with E-state index in [1.807, 2.05) is 37.4 Å². The molecular weight excluding hydrogens is 302 g/mol. The second-order valence-corrected chi connectivity index (χ2v) is 6.25. The zero-order valence-electron chi connectivity index (χ0n) is 14.1. The van der Waals surface area contributed by atoms with Gasteiger partial charge in [0.1, 0.15) is 0 Å². The molecule has 0 amide bonds. The van der Waals surface area contributed by atoms with Crippen molar-refractivity contribution in [2.75, 3.05) is 19.7 Å². The first kappa shape index (κ1) is 16.9. The van der Waals surface area contributed by atoms with Crippen LogP contribution in [0.4, 0.5) is 0 Å². The lowest BCUT2D eigenvalue weighted by Gasteiger charge is -2.34. The Balaban J connectivity index is 1.50. The van der Waals surface area contributed by atoms with Crippen molar-refractivity contribution in [3.63, 3.8) is 0 Å². The summed E-state index contributed by atoms with van der Waals surface area (Å²) in [4.78, 5) is 11.0. The number of nitrogens with zero attached hydrogens (tertiary/aromatic N) is 3. The van der Waals surface area contributed by atoms with Crippen molar-refractivity contribution in [3.8, 4) is 5.88 Å². The monoisotopic (exact) mass is 327 g/mol. The lowest BCUT2D eigenvalue weighted by atomic mass is 9.89. The molecule has 1 atom stereocenters. The van der Waals surface area contributed by atoms with Crippen LogP contribution in [0.25, 0.3) is 0 Å². The molecule has 1 N–H and O–H groups in total. The molecule has 5 nitrogen and oxygen atoms in total. The van der Waals surface area contributed by atoms with E-state index in [0.717, 1.165) is 38.2 Å². The summed E-state index contributed by atoms with van der Waals surface area (Å²) >= 11 is 0. The van der Waals surface area contributed by atoms with Crippen LogP contribution in [-0.4, -0.2) is 39.7 Å². The number of pyridine rings is 2. The third-order valence-corrected chi connectivity index (χ3v) is 4.57. The maximum atomic E-state index is 10.5. The van der Waals surface area contributed by atoms with Crippen LogP contribution in [0.1, 0.15) is 37.1 Å². The molecule has 0 aliphatic carbocycles. The molecule has 0 radical (unpaired) electrons. The van der Waals surface area contributed by atoms with Crippen LogP contribution >= 0.6 is 0 Å². The molecule has 1 aliphatic heterocycles. The largest absolute Gasteiger partial charge is 0.478 e. The van der Waals surface area contributed by atoms with E-state index >= 15 is 0 Å². The molecule has 0 spiro atoms. The van der Waals surface area contributed by atoms with Crippen molar-refractivity contribution in [1.29, 1.82) is 0 Å². The van der Waals surface area contributed by atoms with Crippen LogP contribution in [0.2, 0.25) is 0 Å². The van der Waals surface area contributed by atoms with E-state index in [-0.39, 0.29) is 5.92 Å². The molecule has 2 aromatic heterocycles. The molecule has 1 aliphatic rings. The van der Waals surface area contributed by atoms with E-state index in [4.69, 9.17) is 4.74 Å². The maximum absolute atomic E-state index is 10.5. The molecule has 0 unspecified atom stereocenters. The van der Waals surface area contributed by atoms with Crippen molar-refractivity contribution < 1.29 is 9.84 Å². The molecule has 3 rings (SSSR count). The number of ether oxygens (including phenoxy) is 1.